The topological polar surface area (TPSA) is 59.9 Å². The highest BCUT2D eigenvalue weighted by molar-refractivity contribution is 7.90. The molecule has 0 N–H and O–H groups in total. The van der Waals surface area contributed by atoms with Gasteiger partial charge in [-0.15, -0.1) is 0 Å². The van der Waals surface area contributed by atoms with Crippen molar-refractivity contribution in [2.24, 2.45) is 0 Å². The Labute approximate surface area is 167 Å². The van der Waals surface area contributed by atoms with E-state index in [9.17, 15) is 8.42 Å². The van der Waals surface area contributed by atoms with Crippen molar-refractivity contribution in [3.05, 3.63) is 65.6 Å². The predicted molar refractivity (Wildman–Crippen MR) is 110 cm³/mol. The molecule has 0 aliphatic carbocycles. The van der Waals surface area contributed by atoms with Gasteiger partial charge in [0.25, 0.3) is 0 Å². The summed E-state index contributed by atoms with van der Waals surface area (Å²) < 4.78 is 23.3. The number of benzene rings is 1. The number of halogens is 1. The van der Waals surface area contributed by atoms with Gasteiger partial charge in [0.05, 0.1) is 39.2 Å². The number of hydrogen-bond acceptors (Lipinski definition) is 4. The highest BCUT2D eigenvalue weighted by atomic mass is 35.5. The number of pyridine rings is 2. The lowest BCUT2D eigenvalue weighted by atomic mass is 9.41. The number of rotatable bonds is 4. The molecule has 128 valence electrons. The summed E-state index contributed by atoms with van der Waals surface area (Å²) in [7, 11) is 13.7. The zero-order valence-electron chi connectivity index (χ0n) is 14.4. The Kier molecular flexibility index (Phi) is 5.23. The summed E-state index contributed by atoms with van der Waals surface area (Å²) in [5, 5.41) is -1.08. The first-order valence-electron chi connectivity index (χ1n) is 7.85. The second-order valence-electron chi connectivity index (χ2n) is 6.21. The highest BCUT2D eigenvalue weighted by Gasteiger charge is 2.16. The molecule has 0 fully saturated rings. The van der Waals surface area contributed by atoms with Crippen LogP contribution in [0, 0.1) is 0 Å². The van der Waals surface area contributed by atoms with Gasteiger partial charge in [0, 0.05) is 35.5 Å². The van der Waals surface area contributed by atoms with Gasteiger partial charge in [0.15, 0.2) is 9.84 Å². The lowest BCUT2D eigenvalue weighted by Gasteiger charge is -2.19. The SMILES string of the molecule is [B]C([B])([B])c1ccc(-c2ncc(Cl)cc2-c2ccc(S(C)(=O)=O)cc2)cn1. The molecule has 0 saturated heterocycles. The van der Waals surface area contributed by atoms with Gasteiger partial charge in [-0.1, -0.05) is 28.8 Å². The Morgan fingerprint density at radius 2 is 1.56 bits per heavy atom. The monoisotopic (exact) mass is 388 g/mol. The van der Waals surface area contributed by atoms with E-state index in [4.69, 9.17) is 35.1 Å². The Balaban J connectivity index is 2.09. The van der Waals surface area contributed by atoms with Crippen LogP contribution in [0.15, 0.2) is 59.8 Å². The first-order chi connectivity index (χ1) is 12.6. The number of aromatic nitrogens is 2. The quantitative estimate of drug-likeness (QED) is 0.645. The van der Waals surface area contributed by atoms with Crippen molar-refractivity contribution in [1.82, 2.24) is 9.97 Å². The van der Waals surface area contributed by atoms with Crippen LogP contribution in [0.2, 0.25) is 5.02 Å². The Hall–Kier alpha value is -2.05. The molecule has 0 saturated carbocycles. The molecule has 0 bridgehead atoms. The lowest BCUT2D eigenvalue weighted by Crippen LogP contribution is -2.28. The maximum absolute atomic E-state index is 11.7. The summed E-state index contributed by atoms with van der Waals surface area (Å²) in [6, 6.07) is 11.6. The summed E-state index contributed by atoms with van der Waals surface area (Å²) in [6.07, 6.45) is 4.26. The van der Waals surface area contributed by atoms with Gasteiger partial charge in [-0.05, 0) is 35.9 Å². The molecule has 1 aromatic carbocycles. The standard InChI is InChI=1S/C18H12B3ClN2O2S/c1-27(25,26)14-5-2-11(3-6-14)15-8-13(22)10-24-17(15)12-4-7-16(23-9-12)18(19,20)21/h2-10H,1H3. The van der Waals surface area contributed by atoms with Crippen molar-refractivity contribution in [2.75, 3.05) is 6.26 Å². The van der Waals surface area contributed by atoms with Crippen molar-refractivity contribution in [3.63, 3.8) is 0 Å². The van der Waals surface area contributed by atoms with E-state index in [1.54, 1.807) is 48.7 Å². The zero-order chi connectivity index (χ0) is 19.8. The first kappa shape index (κ1) is 19.7. The molecule has 0 unspecified atom stereocenters. The van der Waals surface area contributed by atoms with Crippen LogP contribution in [-0.4, -0.2) is 48.2 Å². The molecule has 0 amide bonds. The second-order valence-corrected chi connectivity index (χ2v) is 8.66. The van der Waals surface area contributed by atoms with E-state index in [-0.39, 0.29) is 4.90 Å². The maximum Gasteiger partial charge on any atom is 0.175 e. The van der Waals surface area contributed by atoms with Crippen molar-refractivity contribution in [2.45, 2.75) is 10.0 Å². The first-order valence-corrected chi connectivity index (χ1v) is 10.1. The van der Waals surface area contributed by atoms with Crippen molar-refractivity contribution in [3.8, 4) is 22.4 Å². The van der Waals surface area contributed by atoms with Gasteiger partial charge in [0.1, 0.15) is 0 Å². The molecule has 0 aliphatic heterocycles. The molecule has 0 aliphatic rings. The largest absolute Gasteiger partial charge is 0.262 e. The van der Waals surface area contributed by atoms with Crippen LogP contribution in [0.3, 0.4) is 0 Å². The van der Waals surface area contributed by atoms with Gasteiger partial charge < -0.3 is 0 Å². The van der Waals surface area contributed by atoms with Crippen LogP contribution < -0.4 is 0 Å². The van der Waals surface area contributed by atoms with E-state index >= 15 is 0 Å². The van der Waals surface area contributed by atoms with Crippen molar-refractivity contribution >= 4 is 45.0 Å². The fourth-order valence-electron chi connectivity index (χ4n) is 2.56. The summed E-state index contributed by atoms with van der Waals surface area (Å²) in [6.45, 7) is 0. The van der Waals surface area contributed by atoms with Crippen LogP contribution in [0.1, 0.15) is 5.69 Å². The average Bonchev–Trinajstić information content (AvgIpc) is 2.60. The minimum absolute atomic E-state index is 0.235. The molecule has 0 spiro atoms. The normalized spacial score (nSPS) is 12.1. The molecule has 0 atom stereocenters. The summed E-state index contributed by atoms with van der Waals surface area (Å²) in [5.74, 6) is 0. The Bertz CT molecular complexity index is 1080. The van der Waals surface area contributed by atoms with Crippen LogP contribution in [0.4, 0.5) is 0 Å². The maximum atomic E-state index is 11.7. The van der Waals surface area contributed by atoms with Gasteiger partial charge in [0.2, 0.25) is 0 Å². The minimum atomic E-state index is -3.28. The predicted octanol–water partition coefficient (Wildman–Crippen LogP) is 2.48. The molecular weight excluding hydrogens is 376 g/mol. The fourth-order valence-corrected chi connectivity index (χ4v) is 3.35. The van der Waals surface area contributed by atoms with Gasteiger partial charge in [-0.3, -0.25) is 9.97 Å². The number of sulfone groups is 1. The highest BCUT2D eigenvalue weighted by Crippen LogP contribution is 2.33. The minimum Gasteiger partial charge on any atom is -0.262 e. The van der Waals surface area contributed by atoms with E-state index in [0.29, 0.717) is 22.0 Å². The van der Waals surface area contributed by atoms with Crippen molar-refractivity contribution in [1.29, 1.82) is 0 Å². The zero-order valence-corrected chi connectivity index (χ0v) is 16.0. The Morgan fingerprint density at radius 3 is 2.07 bits per heavy atom. The molecule has 4 nitrogen and oxygen atoms in total. The Morgan fingerprint density at radius 1 is 0.926 bits per heavy atom. The van der Waals surface area contributed by atoms with Crippen LogP contribution in [0.5, 0.6) is 0 Å². The summed E-state index contributed by atoms with van der Waals surface area (Å²) in [5.41, 5.74) is 3.17. The third kappa shape index (κ3) is 4.45. The molecule has 27 heavy (non-hydrogen) atoms. The van der Waals surface area contributed by atoms with Crippen LogP contribution in [0.25, 0.3) is 22.4 Å². The van der Waals surface area contributed by atoms with E-state index in [1.807, 2.05) is 0 Å². The van der Waals surface area contributed by atoms with E-state index in [0.717, 1.165) is 17.4 Å². The van der Waals surface area contributed by atoms with Crippen LogP contribution in [-0.2, 0) is 15.0 Å². The molecule has 6 radical (unpaired) electrons. The van der Waals surface area contributed by atoms with Gasteiger partial charge >= 0.3 is 0 Å². The van der Waals surface area contributed by atoms with E-state index < -0.39 is 15.0 Å². The summed E-state index contributed by atoms with van der Waals surface area (Å²) >= 11 is 6.12. The van der Waals surface area contributed by atoms with Gasteiger partial charge in [-0.25, -0.2) is 8.42 Å². The van der Waals surface area contributed by atoms with E-state index in [2.05, 4.69) is 9.97 Å². The molecule has 2 aromatic heterocycles. The van der Waals surface area contributed by atoms with Crippen molar-refractivity contribution < 1.29 is 8.42 Å². The third-order valence-electron chi connectivity index (χ3n) is 3.93. The molecular formula is C18H12B3ClN2O2S. The average molecular weight is 388 g/mol. The summed E-state index contributed by atoms with van der Waals surface area (Å²) in [4.78, 5) is 8.84. The third-order valence-corrected chi connectivity index (χ3v) is 5.26. The molecule has 3 rings (SSSR count). The second kappa shape index (κ2) is 7.17. The lowest BCUT2D eigenvalue weighted by molar-refractivity contribution is 0.602. The van der Waals surface area contributed by atoms with Crippen LogP contribution >= 0.6 is 11.6 Å². The molecule has 9 heteroatoms. The van der Waals surface area contributed by atoms with Gasteiger partial charge in [-0.2, -0.15) is 0 Å². The molecule has 2 heterocycles. The smallest absolute Gasteiger partial charge is 0.175 e. The number of hydrogen-bond donors (Lipinski definition) is 0. The number of nitrogens with zero attached hydrogens (tertiary/aromatic N) is 2. The fraction of sp³-hybridized carbons (Fsp3) is 0.111. The molecule has 3 aromatic rings. The van der Waals surface area contributed by atoms with E-state index in [1.165, 1.54) is 6.20 Å².